The van der Waals surface area contributed by atoms with Crippen molar-refractivity contribution in [1.29, 1.82) is 0 Å². The molecule has 0 atom stereocenters. The normalized spacial score (nSPS) is 15.1. The van der Waals surface area contributed by atoms with E-state index in [0.29, 0.717) is 6.54 Å². The number of carbonyl (C=O) groups excluding carboxylic acids is 1. The molecule has 1 amide bonds. The van der Waals surface area contributed by atoms with Gasteiger partial charge in [0.1, 0.15) is 0 Å². The van der Waals surface area contributed by atoms with Gasteiger partial charge in [-0.05, 0) is 37.5 Å². The lowest BCUT2D eigenvalue weighted by molar-refractivity contribution is -0.120. The van der Waals surface area contributed by atoms with Gasteiger partial charge in [-0.25, -0.2) is 0 Å². The van der Waals surface area contributed by atoms with E-state index < -0.39 is 0 Å². The Hall–Kier alpha value is -0.260. The second-order valence-electron chi connectivity index (χ2n) is 4.11. The molecule has 0 bridgehead atoms. The van der Waals surface area contributed by atoms with Gasteiger partial charge in [-0.3, -0.25) is 4.79 Å². The van der Waals surface area contributed by atoms with Gasteiger partial charge < -0.3 is 15.7 Å². The summed E-state index contributed by atoms with van der Waals surface area (Å²) in [5.41, 5.74) is 0. The van der Waals surface area contributed by atoms with Crippen LogP contribution in [0.3, 0.4) is 0 Å². The fourth-order valence-corrected chi connectivity index (χ4v) is 2.09. The third kappa shape index (κ3) is 7.96. The summed E-state index contributed by atoms with van der Waals surface area (Å²) in [5.74, 6) is 2.80. The summed E-state index contributed by atoms with van der Waals surface area (Å²) in [7, 11) is 0. The fraction of sp³-hybridized carbons (Fsp3) is 0.909. The minimum Gasteiger partial charge on any atom is -0.396 e. The van der Waals surface area contributed by atoms with Crippen molar-refractivity contribution in [3.63, 3.8) is 0 Å². The van der Waals surface area contributed by atoms with Gasteiger partial charge in [-0.2, -0.15) is 11.8 Å². The Bertz CT molecular complexity index is 198. The lowest BCUT2D eigenvalue weighted by Crippen LogP contribution is -2.35. The van der Waals surface area contributed by atoms with E-state index in [-0.39, 0.29) is 12.5 Å². The Morgan fingerprint density at radius 2 is 2.19 bits per heavy atom. The van der Waals surface area contributed by atoms with Crippen molar-refractivity contribution in [2.24, 2.45) is 5.92 Å². The molecule has 1 saturated carbocycles. The van der Waals surface area contributed by atoms with E-state index in [2.05, 4.69) is 10.6 Å². The fourth-order valence-electron chi connectivity index (χ4n) is 1.31. The summed E-state index contributed by atoms with van der Waals surface area (Å²) in [6, 6.07) is 0. The zero-order chi connectivity index (χ0) is 11.6. The lowest BCUT2D eigenvalue weighted by atomic mass is 10.4. The van der Waals surface area contributed by atoms with Crippen LogP contribution in [0.4, 0.5) is 0 Å². The number of hydrogen-bond acceptors (Lipinski definition) is 4. The Kier molecular flexibility index (Phi) is 7.63. The van der Waals surface area contributed by atoms with E-state index in [1.54, 1.807) is 11.8 Å². The molecule has 3 N–H and O–H groups in total. The maximum Gasteiger partial charge on any atom is 0.233 e. The summed E-state index contributed by atoms with van der Waals surface area (Å²) < 4.78 is 0. The summed E-state index contributed by atoms with van der Waals surface area (Å²) >= 11 is 1.76. The van der Waals surface area contributed by atoms with Crippen LogP contribution in [0, 0.1) is 5.92 Å². The monoisotopic (exact) mass is 246 g/mol. The number of hydrogen-bond donors (Lipinski definition) is 3. The largest absolute Gasteiger partial charge is 0.396 e. The van der Waals surface area contributed by atoms with E-state index in [9.17, 15) is 4.79 Å². The van der Waals surface area contributed by atoms with Crippen LogP contribution < -0.4 is 10.6 Å². The van der Waals surface area contributed by atoms with Crippen molar-refractivity contribution >= 4 is 17.7 Å². The average molecular weight is 246 g/mol. The number of aliphatic hydroxyl groups is 1. The molecular formula is C11H22N2O2S. The first-order valence-electron chi connectivity index (χ1n) is 5.99. The molecule has 0 saturated heterocycles. The van der Waals surface area contributed by atoms with E-state index in [1.165, 1.54) is 12.8 Å². The smallest absolute Gasteiger partial charge is 0.233 e. The highest BCUT2D eigenvalue weighted by Crippen LogP contribution is 2.27. The number of carbonyl (C=O) groups is 1. The number of nitrogens with one attached hydrogen (secondary N) is 2. The van der Waals surface area contributed by atoms with Crippen molar-refractivity contribution in [2.75, 3.05) is 37.7 Å². The number of amides is 1. The molecule has 0 aliphatic heterocycles. The van der Waals surface area contributed by atoms with Crippen LogP contribution in [0.25, 0.3) is 0 Å². The van der Waals surface area contributed by atoms with Crippen molar-refractivity contribution in [3.8, 4) is 0 Å². The quantitative estimate of drug-likeness (QED) is 0.483. The van der Waals surface area contributed by atoms with Gasteiger partial charge in [0.15, 0.2) is 0 Å². The molecule has 0 heterocycles. The van der Waals surface area contributed by atoms with Crippen LogP contribution in [0.2, 0.25) is 0 Å². The minimum atomic E-state index is 0.0865. The standard InChI is InChI=1S/C11H22N2O2S/c14-5-1-6-16-7-4-13-11(15)9-12-8-10-2-3-10/h10,12,14H,1-9H2,(H,13,15). The summed E-state index contributed by atoms with van der Waals surface area (Å²) in [5, 5.41) is 14.6. The minimum absolute atomic E-state index is 0.0865. The Morgan fingerprint density at radius 3 is 2.88 bits per heavy atom. The van der Waals surface area contributed by atoms with Crippen molar-refractivity contribution in [1.82, 2.24) is 10.6 Å². The number of aliphatic hydroxyl groups excluding tert-OH is 1. The Balaban J connectivity index is 1.78. The van der Waals surface area contributed by atoms with E-state index in [0.717, 1.165) is 36.9 Å². The maximum absolute atomic E-state index is 11.3. The maximum atomic E-state index is 11.3. The summed E-state index contributed by atoms with van der Waals surface area (Å²) in [6.45, 7) is 2.40. The molecule has 1 aliphatic rings. The zero-order valence-electron chi connectivity index (χ0n) is 9.71. The molecule has 0 aromatic rings. The molecule has 0 radical (unpaired) electrons. The highest BCUT2D eigenvalue weighted by molar-refractivity contribution is 7.99. The van der Waals surface area contributed by atoms with Crippen LogP contribution in [-0.4, -0.2) is 48.8 Å². The molecule has 0 aromatic carbocycles. The molecule has 0 aromatic heterocycles. The predicted octanol–water partition coefficient (Wildman–Crippen LogP) is 0.218. The van der Waals surface area contributed by atoms with Gasteiger partial charge in [-0.15, -0.1) is 0 Å². The second-order valence-corrected chi connectivity index (χ2v) is 5.34. The highest BCUT2D eigenvalue weighted by Gasteiger charge is 2.20. The van der Waals surface area contributed by atoms with Crippen LogP contribution in [-0.2, 0) is 4.79 Å². The predicted molar refractivity (Wildman–Crippen MR) is 67.6 cm³/mol. The molecular weight excluding hydrogens is 224 g/mol. The van der Waals surface area contributed by atoms with Gasteiger partial charge in [0.05, 0.1) is 6.54 Å². The first-order chi connectivity index (χ1) is 7.83. The van der Waals surface area contributed by atoms with Gasteiger partial charge >= 0.3 is 0 Å². The van der Waals surface area contributed by atoms with Crippen LogP contribution in [0.1, 0.15) is 19.3 Å². The zero-order valence-corrected chi connectivity index (χ0v) is 10.5. The first-order valence-corrected chi connectivity index (χ1v) is 7.14. The number of thioether (sulfide) groups is 1. The molecule has 0 spiro atoms. The molecule has 1 rings (SSSR count). The van der Waals surface area contributed by atoms with Crippen LogP contribution in [0.15, 0.2) is 0 Å². The van der Waals surface area contributed by atoms with Crippen LogP contribution >= 0.6 is 11.8 Å². The molecule has 1 aliphatic carbocycles. The third-order valence-corrected chi connectivity index (χ3v) is 3.50. The summed E-state index contributed by atoms with van der Waals surface area (Å²) in [4.78, 5) is 11.3. The van der Waals surface area contributed by atoms with Crippen LogP contribution in [0.5, 0.6) is 0 Å². The van der Waals surface area contributed by atoms with Gasteiger partial charge in [0, 0.05) is 18.9 Å². The SMILES string of the molecule is O=C(CNCC1CC1)NCCSCCCO. The molecule has 0 unspecified atom stereocenters. The van der Waals surface area contributed by atoms with Gasteiger partial charge in [0.2, 0.25) is 5.91 Å². The third-order valence-electron chi connectivity index (χ3n) is 2.43. The molecule has 16 heavy (non-hydrogen) atoms. The first kappa shape index (κ1) is 13.8. The second kappa shape index (κ2) is 8.84. The topological polar surface area (TPSA) is 61.4 Å². The van der Waals surface area contributed by atoms with Gasteiger partial charge in [0.25, 0.3) is 0 Å². The van der Waals surface area contributed by atoms with E-state index in [1.807, 2.05) is 0 Å². The lowest BCUT2D eigenvalue weighted by Gasteiger charge is -2.05. The average Bonchev–Trinajstić information content (AvgIpc) is 3.07. The van der Waals surface area contributed by atoms with E-state index >= 15 is 0 Å². The van der Waals surface area contributed by atoms with Crippen molar-refractivity contribution in [3.05, 3.63) is 0 Å². The van der Waals surface area contributed by atoms with Gasteiger partial charge in [-0.1, -0.05) is 0 Å². The molecule has 94 valence electrons. The summed E-state index contributed by atoms with van der Waals surface area (Å²) in [6.07, 6.45) is 3.47. The molecule has 5 heteroatoms. The van der Waals surface area contributed by atoms with Crippen molar-refractivity contribution < 1.29 is 9.90 Å². The van der Waals surface area contributed by atoms with Crippen molar-refractivity contribution in [2.45, 2.75) is 19.3 Å². The Labute approximate surface area is 102 Å². The number of rotatable bonds is 10. The molecule has 1 fully saturated rings. The highest BCUT2D eigenvalue weighted by atomic mass is 32.2. The Morgan fingerprint density at radius 1 is 1.38 bits per heavy atom. The molecule has 4 nitrogen and oxygen atoms in total. The van der Waals surface area contributed by atoms with E-state index in [4.69, 9.17) is 5.11 Å².